The van der Waals surface area contributed by atoms with Gasteiger partial charge in [-0.25, -0.2) is 0 Å². The van der Waals surface area contributed by atoms with Crippen LogP contribution in [0, 0.1) is 5.92 Å². The number of hydrogen-bond donors (Lipinski definition) is 1. The van der Waals surface area contributed by atoms with Gasteiger partial charge in [-0.3, -0.25) is 4.90 Å². The van der Waals surface area contributed by atoms with Crippen LogP contribution in [0.3, 0.4) is 0 Å². The van der Waals surface area contributed by atoms with E-state index < -0.39 is 0 Å². The van der Waals surface area contributed by atoms with Crippen molar-refractivity contribution in [2.24, 2.45) is 5.92 Å². The molecule has 0 radical (unpaired) electrons. The van der Waals surface area contributed by atoms with E-state index in [4.69, 9.17) is 4.74 Å². The predicted octanol–water partition coefficient (Wildman–Crippen LogP) is 4.75. The second-order valence-electron chi connectivity index (χ2n) is 8.20. The molecule has 27 heavy (non-hydrogen) atoms. The number of piperidine rings is 1. The number of ether oxygens (including phenoxy) is 1. The molecule has 0 unspecified atom stereocenters. The second kappa shape index (κ2) is 7.84. The van der Waals surface area contributed by atoms with E-state index in [-0.39, 0.29) is 22.4 Å². The van der Waals surface area contributed by atoms with Gasteiger partial charge in [-0.15, -0.1) is 17.0 Å². The number of phenols is 1. The molecule has 0 aromatic heterocycles. The van der Waals surface area contributed by atoms with Crippen LogP contribution < -0.4 is 4.74 Å². The van der Waals surface area contributed by atoms with E-state index in [1.165, 1.54) is 16.7 Å². The van der Waals surface area contributed by atoms with Crippen LogP contribution in [0.4, 0.5) is 0 Å². The Morgan fingerprint density at radius 2 is 1.93 bits per heavy atom. The van der Waals surface area contributed by atoms with Crippen LogP contribution in [0.2, 0.25) is 0 Å². The number of rotatable bonds is 4. The molecule has 1 fully saturated rings. The van der Waals surface area contributed by atoms with Crippen molar-refractivity contribution in [2.45, 2.75) is 44.6 Å². The number of nitrogens with zero attached hydrogens (tertiary/aromatic N) is 1. The average molecular weight is 432 g/mol. The summed E-state index contributed by atoms with van der Waals surface area (Å²) >= 11 is 0. The van der Waals surface area contributed by atoms with Crippen molar-refractivity contribution < 1.29 is 9.84 Å². The van der Waals surface area contributed by atoms with Gasteiger partial charge in [0.1, 0.15) is 11.5 Å². The Bertz CT molecular complexity index is 791. The molecule has 146 valence electrons. The standard InChI is InChI=1S/C23H29NO2.BrH/c1-16-22-14-18-6-7-19(25)15-21(18)23(16,2)11-13-24(22)12-10-17-4-8-20(26-3)9-5-17;/h4-9,15-16,22,25H,10-14H2,1-3H3;1H/t16-,22-,23+;/m0./s1. The van der Waals surface area contributed by atoms with E-state index in [0.29, 0.717) is 17.7 Å². The van der Waals surface area contributed by atoms with Gasteiger partial charge in [0.05, 0.1) is 7.11 Å². The molecule has 2 aromatic rings. The molecule has 2 bridgehead atoms. The first-order chi connectivity index (χ1) is 12.5. The molecule has 0 amide bonds. The maximum atomic E-state index is 9.97. The number of likely N-dealkylation sites (tertiary alicyclic amines) is 1. The molecule has 1 N–H and O–H groups in total. The van der Waals surface area contributed by atoms with Crippen LogP contribution in [0.1, 0.15) is 37.0 Å². The summed E-state index contributed by atoms with van der Waals surface area (Å²) in [6, 6.07) is 15.0. The third-order valence-corrected chi connectivity index (χ3v) is 6.95. The Hall–Kier alpha value is -1.52. The molecule has 2 aliphatic rings. The Kier molecular flexibility index (Phi) is 5.87. The third-order valence-electron chi connectivity index (χ3n) is 6.95. The van der Waals surface area contributed by atoms with Crippen LogP contribution in [-0.2, 0) is 18.3 Å². The average Bonchev–Trinajstić information content (AvgIpc) is 2.65. The number of methoxy groups -OCH3 is 1. The minimum absolute atomic E-state index is 0. The highest BCUT2D eigenvalue weighted by molar-refractivity contribution is 8.93. The van der Waals surface area contributed by atoms with Gasteiger partial charge >= 0.3 is 0 Å². The van der Waals surface area contributed by atoms with Crippen molar-refractivity contribution in [3.63, 3.8) is 0 Å². The number of fused-ring (bicyclic) bond motifs is 4. The number of hydrogen-bond acceptors (Lipinski definition) is 3. The summed E-state index contributed by atoms with van der Waals surface area (Å²) < 4.78 is 5.26. The lowest BCUT2D eigenvalue weighted by Crippen LogP contribution is -2.58. The second-order valence-corrected chi connectivity index (χ2v) is 8.20. The molecule has 4 rings (SSSR count). The summed E-state index contributed by atoms with van der Waals surface area (Å²) in [6.45, 7) is 7.03. The Morgan fingerprint density at radius 3 is 2.63 bits per heavy atom. The van der Waals surface area contributed by atoms with Crippen molar-refractivity contribution in [1.29, 1.82) is 0 Å². The van der Waals surface area contributed by atoms with Crippen LogP contribution in [-0.4, -0.2) is 36.2 Å². The molecule has 3 atom stereocenters. The number of halogens is 1. The fraction of sp³-hybridized carbons (Fsp3) is 0.478. The van der Waals surface area contributed by atoms with Crippen molar-refractivity contribution in [3.05, 3.63) is 59.2 Å². The molecular weight excluding hydrogens is 402 g/mol. The maximum absolute atomic E-state index is 9.97. The topological polar surface area (TPSA) is 32.7 Å². The zero-order valence-corrected chi connectivity index (χ0v) is 18.2. The van der Waals surface area contributed by atoms with Crippen molar-refractivity contribution >= 4 is 17.0 Å². The molecule has 1 aliphatic carbocycles. The van der Waals surface area contributed by atoms with E-state index in [9.17, 15) is 5.11 Å². The van der Waals surface area contributed by atoms with Gasteiger partial charge in [-0.2, -0.15) is 0 Å². The predicted molar refractivity (Wildman–Crippen MR) is 115 cm³/mol. The normalized spacial score (nSPS) is 26.8. The minimum Gasteiger partial charge on any atom is -0.508 e. The molecule has 0 spiro atoms. The smallest absolute Gasteiger partial charge is 0.118 e. The fourth-order valence-electron chi connectivity index (χ4n) is 5.04. The van der Waals surface area contributed by atoms with Gasteiger partial charge in [0.2, 0.25) is 0 Å². The lowest BCUT2D eigenvalue weighted by molar-refractivity contribution is 0.0322. The van der Waals surface area contributed by atoms with Gasteiger partial charge < -0.3 is 9.84 Å². The van der Waals surface area contributed by atoms with E-state index in [2.05, 4.69) is 49.1 Å². The van der Waals surface area contributed by atoms with Gasteiger partial charge in [-0.05, 0) is 78.1 Å². The summed E-state index contributed by atoms with van der Waals surface area (Å²) in [7, 11) is 1.71. The first-order valence-electron chi connectivity index (χ1n) is 9.70. The Morgan fingerprint density at radius 1 is 1.19 bits per heavy atom. The highest BCUT2D eigenvalue weighted by Gasteiger charge is 2.48. The van der Waals surface area contributed by atoms with Crippen molar-refractivity contribution in [1.82, 2.24) is 4.90 Å². The summed E-state index contributed by atoms with van der Waals surface area (Å²) in [5, 5.41) is 9.97. The van der Waals surface area contributed by atoms with Crippen LogP contribution in [0.15, 0.2) is 42.5 Å². The SMILES string of the molecule is Br.COc1ccc(CCN2CC[C@@]3(C)c4cc(O)ccc4C[C@H]2[C@@H]3C)cc1. The fourth-order valence-corrected chi connectivity index (χ4v) is 5.04. The highest BCUT2D eigenvalue weighted by atomic mass is 79.9. The van der Waals surface area contributed by atoms with Crippen LogP contribution >= 0.6 is 17.0 Å². The van der Waals surface area contributed by atoms with Crippen molar-refractivity contribution in [3.8, 4) is 11.5 Å². The van der Waals surface area contributed by atoms with E-state index in [1.807, 2.05) is 12.1 Å². The lowest BCUT2D eigenvalue weighted by Gasteiger charge is -2.54. The highest BCUT2D eigenvalue weighted by Crippen LogP contribution is 2.49. The summed E-state index contributed by atoms with van der Waals surface area (Å²) in [4.78, 5) is 2.69. The molecule has 2 aromatic carbocycles. The van der Waals surface area contributed by atoms with E-state index in [0.717, 1.165) is 38.1 Å². The van der Waals surface area contributed by atoms with E-state index in [1.54, 1.807) is 7.11 Å². The van der Waals surface area contributed by atoms with Crippen molar-refractivity contribution in [2.75, 3.05) is 20.2 Å². The summed E-state index contributed by atoms with van der Waals surface area (Å²) in [5.41, 5.74) is 4.33. The van der Waals surface area contributed by atoms with Crippen LogP contribution in [0.25, 0.3) is 0 Å². The van der Waals surface area contributed by atoms with Crippen LogP contribution in [0.5, 0.6) is 11.5 Å². The number of phenolic OH excluding ortho intramolecular Hbond substituents is 1. The molecule has 4 heteroatoms. The van der Waals surface area contributed by atoms with Gasteiger partial charge in [-0.1, -0.05) is 32.0 Å². The zero-order chi connectivity index (χ0) is 18.3. The number of aromatic hydroxyl groups is 1. The maximum Gasteiger partial charge on any atom is 0.118 e. The lowest BCUT2D eigenvalue weighted by atomic mass is 9.59. The molecule has 1 aliphatic heterocycles. The molecule has 3 nitrogen and oxygen atoms in total. The first kappa shape index (κ1) is 20.2. The quantitative estimate of drug-likeness (QED) is 0.757. The molecular formula is C23H30BrNO2. The Balaban J connectivity index is 0.00000210. The monoisotopic (exact) mass is 431 g/mol. The first-order valence-corrected chi connectivity index (χ1v) is 9.70. The van der Waals surface area contributed by atoms with E-state index >= 15 is 0 Å². The minimum atomic E-state index is 0. The number of benzene rings is 2. The molecule has 0 saturated carbocycles. The molecule has 1 saturated heterocycles. The summed E-state index contributed by atoms with van der Waals surface area (Å²) in [5.74, 6) is 1.92. The largest absolute Gasteiger partial charge is 0.508 e. The zero-order valence-electron chi connectivity index (χ0n) is 16.4. The Labute approximate surface area is 173 Å². The van der Waals surface area contributed by atoms with Gasteiger partial charge in [0, 0.05) is 12.6 Å². The third kappa shape index (κ3) is 3.62. The molecule has 1 heterocycles. The van der Waals surface area contributed by atoms with Gasteiger partial charge in [0.15, 0.2) is 0 Å². The van der Waals surface area contributed by atoms with Gasteiger partial charge in [0.25, 0.3) is 0 Å². The summed E-state index contributed by atoms with van der Waals surface area (Å²) in [6.07, 6.45) is 3.32.